The smallest absolute Gasteiger partial charge is 0.410 e. The quantitative estimate of drug-likeness (QED) is 0.798. The Morgan fingerprint density at radius 1 is 1.21 bits per heavy atom. The van der Waals surface area contributed by atoms with Crippen LogP contribution in [0.3, 0.4) is 0 Å². The van der Waals surface area contributed by atoms with Crippen molar-refractivity contribution in [2.75, 3.05) is 5.32 Å². The SMILES string of the molecule is CCc1cc(OC(=O)Nc2ccccc2)cc(-c2nnnn2C)c1. The lowest BCUT2D eigenvalue weighted by Crippen LogP contribution is -2.16. The number of carbonyl (C=O) groups is 1. The van der Waals surface area contributed by atoms with E-state index in [2.05, 4.69) is 20.8 Å². The molecule has 0 atom stereocenters. The highest BCUT2D eigenvalue weighted by Gasteiger charge is 2.12. The van der Waals surface area contributed by atoms with Gasteiger partial charge >= 0.3 is 6.09 Å². The van der Waals surface area contributed by atoms with E-state index in [4.69, 9.17) is 4.74 Å². The van der Waals surface area contributed by atoms with Gasteiger partial charge in [0.2, 0.25) is 0 Å². The Hall–Kier alpha value is -3.22. The number of nitrogens with one attached hydrogen (secondary N) is 1. The summed E-state index contributed by atoms with van der Waals surface area (Å²) in [5.41, 5.74) is 2.49. The van der Waals surface area contributed by atoms with Crippen molar-refractivity contribution < 1.29 is 9.53 Å². The van der Waals surface area contributed by atoms with Crippen LogP contribution in [0.25, 0.3) is 11.4 Å². The summed E-state index contributed by atoms with van der Waals surface area (Å²) >= 11 is 0. The molecule has 1 N–H and O–H groups in total. The van der Waals surface area contributed by atoms with Crippen LogP contribution in [0.15, 0.2) is 48.5 Å². The fourth-order valence-corrected chi connectivity index (χ4v) is 2.30. The molecule has 0 saturated carbocycles. The standard InChI is InChI=1S/C17H17N5O2/c1-3-12-9-13(16-19-20-21-22(16)2)11-15(10-12)24-17(23)18-14-7-5-4-6-8-14/h4-11H,3H2,1-2H3,(H,18,23). The molecular formula is C17H17N5O2. The van der Waals surface area contributed by atoms with Crippen molar-refractivity contribution in [1.82, 2.24) is 20.2 Å². The Labute approximate surface area is 139 Å². The molecule has 0 aliphatic heterocycles. The minimum absolute atomic E-state index is 0.445. The normalized spacial score (nSPS) is 10.4. The first-order valence-corrected chi connectivity index (χ1v) is 7.56. The number of hydrogen-bond acceptors (Lipinski definition) is 5. The summed E-state index contributed by atoms with van der Waals surface area (Å²) in [4.78, 5) is 12.1. The monoisotopic (exact) mass is 323 g/mol. The van der Waals surface area contributed by atoms with Crippen LogP contribution in [0.4, 0.5) is 10.5 Å². The second-order valence-corrected chi connectivity index (χ2v) is 5.23. The molecule has 7 heteroatoms. The number of aromatic nitrogens is 4. The maximum atomic E-state index is 12.1. The van der Waals surface area contributed by atoms with Crippen LogP contribution in [-0.4, -0.2) is 26.3 Å². The Kier molecular flexibility index (Phi) is 4.51. The van der Waals surface area contributed by atoms with Crippen molar-refractivity contribution in [1.29, 1.82) is 0 Å². The Morgan fingerprint density at radius 2 is 2.00 bits per heavy atom. The Bertz CT molecular complexity index is 845. The summed E-state index contributed by atoms with van der Waals surface area (Å²) < 4.78 is 6.98. The third kappa shape index (κ3) is 3.57. The lowest BCUT2D eigenvalue weighted by atomic mass is 10.1. The number of nitrogens with zero attached hydrogens (tertiary/aromatic N) is 4. The number of benzene rings is 2. The molecule has 122 valence electrons. The number of tetrazole rings is 1. The lowest BCUT2D eigenvalue weighted by molar-refractivity contribution is 0.215. The van der Waals surface area contributed by atoms with Gasteiger partial charge in [0.05, 0.1) is 0 Å². The van der Waals surface area contributed by atoms with Crippen LogP contribution in [0.2, 0.25) is 0 Å². The van der Waals surface area contributed by atoms with E-state index in [1.165, 1.54) is 0 Å². The molecule has 3 aromatic rings. The molecule has 0 fully saturated rings. The van der Waals surface area contributed by atoms with Crippen LogP contribution < -0.4 is 10.1 Å². The molecule has 0 saturated heterocycles. The van der Waals surface area contributed by atoms with Crippen molar-refractivity contribution >= 4 is 11.8 Å². The van der Waals surface area contributed by atoms with Crippen LogP contribution in [-0.2, 0) is 13.5 Å². The molecule has 2 aromatic carbocycles. The minimum Gasteiger partial charge on any atom is -0.410 e. The highest BCUT2D eigenvalue weighted by molar-refractivity contribution is 5.86. The summed E-state index contributed by atoms with van der Waals surface area (Å²) in [6, 6.07) is 14.7. The summed E-state index contributed by atoms with van der Waals surface area (Å²) in [7, 11) is 1.76. The van der Waals surface area contributed by atoms with Gasteiger partial charge in [0.15, 0.2) is 5.82 Å². The molecule has 0 spiro atoms. The largest absolute Gasteiger partial charge is 0.417 e. The minimum atomic E-state index is -0.545. The molecule has 1 aromatic heterocycles. The van der Waals surface area contributed by atoms with E-state index in [0.29, 0.717) is 17.3 Å². The first-order valence-electron chi connectivity index (χ1n) is 7.56. The zero-order chi connectivity index (χ0) is 16.9. The van der Waals surface area contributed by atoms with Gasteiger partial charge in [0, 0.05) is 18.3 Å². The van der Waals surface area contributed by atoms with Crippen LogP contribution in [0.1, 0.15) is 12.5 Å². The van der Waals surface area contributed by atoms with Gasteiger partial charge in [-0.05, 0) is 52.7 Å². The number of aryl methyl sites for hydroxylation is 2. The second kappa shape index (κ2) is 6.91. The van der Waals surface area contributed by atoms with Crippen molar-refractivity contribution in [2.24, 2.45) is 7.05 Å². The fraction of sp³-hybridized carbons (Fsp3) is 0.176. The van der Waals surface area contributed by atoms with Gasteiger partial charge in [0.25, 0.3) is 0 Å². The first-order chi connectivity index (χ1) is 11.7. The van der Waals surface area contributed by atoms with Gasteiger partial charge in [-0.15, -0.1) is 5.10 Å². The van der Waals surface area contributed by atoms with Crippen molar-refractivity contribution in [3.63, 3.8) is 0 Å². The van der Waals surface area contributed by atoms with E-state index in [1.807, 2.05) is 37.3 Å². The summed E-state index contributed by atoms with van der Waals surface area (Å²) in [6.07, 6.45) is 0.256. The maximum Gasteiger partial charge on any atom is 0.417 e. The van der Waals surface area contributed by atoms with Gasteiger partial charge in [0.1, 0.15) is 5.75 Å². The summed E-state index contributed by atoms with van der Waals surface area (Å²) in [5, 5.41) is 14.2. The second-order valence-electron chi connectivity index (χ2n) is 5.23. The van der Waals surface area contributed by atoms with Gasteiger partial charge < -0.3 is 4.74 Å². The summed E-state index contributed by atoms with van der Waals surface area (Å²) in [5.74, 6) is 1.05. The first kappa shape index (κ1) is 15.7. The summed E-state index contributed by atoms with van der Waals surface area (Å²) in [6.45, 7) is 2.03. The van der Waals surface area contributed by atoms with Gasteiger partial charge in [-0.2, -0.15) is 0 Å². The Balaban J connectivity index is 1.82. The van der Waals surface area contributed by atoms with E-state index in [9.17, 15) is 4.79 Å². The Morgan fingerprint density at radius 3 is 2.67 bits per heavy atom. The van der Waals surface area contributed by atoms with E-state index < -0.39 is 6.09 Å². The van der Waals surface area contributed by atoms with Crippen LogP contribution in [0.5, 0.6) is 5.75 Å². The average Bonchev–Trinajstić information content (AvgIpc) is 3.01. The van der Waals surface area contributed by atoms with Crippen molar-refractivity contribution in [3.8, 4) is 17.1 Å². The van der Waals surface area contributed by atoms with Crippen molar-refractivity contribution in [2.45, 2.75) is 13.3 Å². The molecular weight excluding hydrogens is 306 g/mol. The third-order valence-electron chi connectivity index (χ3n) is 3.48. The number of ether oxygens (including phenoxy) is 1. The molecule has 0 aliphatic carbocycles. The topological polar surface area (TPSA) is 81.9 Å². The van der Waals surface area contributed by atoms with Gasteiger partial charge in [-0.3, -0.25) is 5.32 Å². The number of carbonyl (C=O) groups excluding carboxylic acids is 1. The predicted octanol–water partition coefficient (Wildman–Crippen LogP) is 3.05. The molecule has 0 radical (unpaired) electrons. The lowest BCUT2D eigenvalue weighted by Gasteiger charge is -2.10. The molecule has 3 rings (SSSR count). The predicted molar refractivity (Wildman–Crippen MR) is 89.7 cm³/mol. The number of anilines is 1. The van der Waals surface area contributed by atoms with Crippen molar-refractivity contribution in [3.05, 3.63) is 54.1 Å². The zero-order valence-corrected chi connectivity index (χ0v) is 13.4. The number of para-hydroxylation sites is 1. The molecule has 0 aliphatic rings. The number of rotatable bonds is 4. The average molecular weight is 323 g/mol. The molecule has 7 nitrogen and oxygen atoms in total. The highest BCUT2D eigenvalue weighted by atomic mass is 16.6. The van der Waals surface area contributed by atoms with Crippen LogP contribution in [0, 0.1) is 0 Å². The number of amides is 1. The highest BCUT2D eigenvalue weighted by Crippen LogP contribution is 2.25. The van der Waals surface area contributed by atoms with E-state index in [-0.39, 0.29) is 0 Å². The fourth-order valence-electron chi connectivity index (χ4n) is 2.30. The van der Waals surface area contributed by atoms with Crippen LogP contribution >= 0.6 is 0 Å². The molecule has 0 unspecified atom stereocenters. The van der Waals surface area contributed by atoms with Gasteiger partial charge in [-0.25, -0.2) is 9.48 Å². The zero-order valence-electron chi connectivity index (χ0n) is 13.4. The molecule has 1 heterocycles. The van der Waals surface area contributed by atoms with E-state index in [1.54, 1.807) is 29.9 Å². The molecule has 0 bridgehead atoms. The van der Waals surface area contributed by atoms with Gasteiger partial charge in [-0.1, -0.05) is 25.1 Å². The molecule has 24 heavy (non-hydrogen) atoms. The van der Waals surface area contributed by atoms with E-state index in [0.717, 1.165) is 17.5 Å². The number of hydrogen-bond donors (Lipinski definition) is 1. The molecule has 1 amide bonds. The third-order valence-corrected chi connectivity index (χ3v) is 3.48. The maximum absolute atomic E-state index is 12.1. The van der Waals surface area contributed by atoms with E-state index >= 15 is 0 Å².